The number of benzene rings is 1. The zero-order valence-corrected chi connectivity index (χ0v) is 20.9. The fraction of sp³-hybridized carbons (Fsp3) is 0.538. The normalized spacial score (nSPS) is 24.6. The molecule has 1 saturated carbocycles. The molecule has 2 aliphatic heterocycles. The van der Waals surface area contributed by atoms with Gasteiger partial charge < -0.3 is 29.6 Å². The quantitative estimate of drug-likeness (QED) is 0.462. The van der Waals surface area contributed by atoms with Crippen LogP contribution in [-0.4, -0.2) is 87.9 Å². The van der Waals surface area contributed by atoms with Gasteiger partial charge in [-0.15, -0.1) is 0 Å². The first kappa shape index (κ1) is 23.9. The molecule has 2 aromatic heterocycles. The SMILES string of the molecule is OC1CC(C(O)N2CCC(Oc3nc4nc(-c5ccc(N6CCOCC6)cc5)c(Cl)cc4[nH]3)CC2)C1. The van der Waals surface area contributed by atoms with Crippen molar-refractivity contribution in [1.29, 1.82) is 0 Å². The second-order valence-corrected chi connectivity index (χ2v) is 10.4. The summed E-state index contributed by atoms with van der Waals surface area (Å²) < 4.78 is 11.6. The van der Waals surface area contributed by atoms with Crippen LogP contribution in [0.15, 0.2) is 30.3 Å². The molecule has 1 unspecified atom stereocenters. The van der Waals surface area contributed by atoms with Crippen LogP contribution in [-0.2, 0) is 4.74 Å². The summed E-state index contributed by atoms with van der Waals surface area (Å²) in [6.07, 6.45) is 2.27. The Hall–Kier alpha value is -2.43. The Morgan fingerprint density at radius 1 is 1.06 bits per heavy atom. The van der Waals surface area contributed by atoms with Gasteiger partial charge in [0.05, 0.1) is 35.6 Å². The maximum Gasteiger partial charge on any atom is 0.296 e. The number of pyridine rings is 1. The second-order valence-electron chi connectivity index (χ2n) is 10.0. The Labute approximate surface area is 215 Å². The molecule has 3 fully saturated rings. The number of piperidine rings is 1. The number of hydrogen-bond acceptors (Lipinski definition) is 8. The third kappa shape index (κ3) is 4.90. The molecule has 36 heavy (non-hydrogen) atoms. The summed E-state index contributed by atoms with van der Waals surface area (Å²) in [7, 11) is 0. The molecule has 1 aliphatic carbocycles. The highest BCUT2D eigenvalue weighted by molar-refractivity contribution is 6.33. The minimum absolute atomic E-state index is 0.0173. The zero-order valence-electron chi connectivity index (χ0n) is 20.1. The lowest BCUT2D eigenvalue weighted by molar-refractivity contribution is -0.113. The molecule has 3 aliphatic rings. The van der Waals surface area contributed by atoms with E-state index in [4.69, 9.17) is 26.1 Å². The van der Waals surface area contributed by atoms with Gasteiger partial charge in [-0.05, 0) is 43.9 Å². The predicted molar refractivity (Wildman–Crippen MR) is 137 cm³/mol. The van der Waals surface area contributed by atoms with Crippen LogP contribution >= 0.6 is 11.6 Å². The Morgan fingerprint density at radius 2 is 1.78 bits per heavy atom. The largest absolute Gasteiger partial charge is 0.461 e. The number of likely N-dealkylation sites (tertiary alicyclic amines) is 1. The predicted octanol–water partition coefficient (Wildman–Crippen LogP) is 3.05. The molecule has 3 N–H and O–H groups in total. The van der Waals surface area contributed by atoms with Crippen LogP contribution in [0.1, 0.15) is 25.7 Å². The monoisotopic (exact) mass is 513 g/mol. The van der Waals surface area contributed by atoms with Crippen LogP contribution < -0.4 is 9.64 Å². The number of aliphatic hydroxyl groups excluding tert-OH is 2. The van der Waals surface area contributed by atoms with Gasteiger partial charge in [-0.1, -0.05) is 23.7 Å². The molecule has 4 heterocycles. The molecule has 0 amide bonds. The number of nitrogens with zero attached hydrogens (tertiary/aromatic N) is 4. The summed E-state index contributed by atoms with van der Waals surface area (Å²) in [6.45, 7) is 4.81. The molecule has 2 saturated heterocycles. The molecule has 1 aromatic carbocycles. The Kier molecular flexibility index (Phi) is 6.74. The number of nitrogens with one attached hydrogen (secondary N) is 1. The van der Waals surface area contributed by atoms with Gasteiger partial charge in [-0.25, -0.2) is 4.98 Å². The molecule has 6 rings (SSSR count). The van der Waals surface area contributed by atoms with Crippen molar-refractivity contribution < 1.29 is 19.7 Å². The number of rotatable bonds is 6. The van der Waals surface area contributed by atoms with Gasteiger partial charge in [0.1, 0.15) is 12.3 Å². The number of H-pyrrole nitrogens is 1. The highest BCUT2D eigenvalue weighted by Crippen LogP contribution is 2.34. The van der Waals surface area contributed by atoms with E-state index in [0.717, 1.165) is 63.3 Å². The maximum absolute atomic E-state index is 10.5. The van der Waals surface area contributed by atoms with Crippen molar-refractivity contribution >= 4 is 28.5 Å². The molecule has 0 bridgehead atoms. The highest BCUT2D eigenvalue weighted by Gasteiger charge is 2.37. The van der Waals surface area contributed by atoms with Crippen molar-refractivity contribution in [2.45, 2.75) is 44.1 Å². The van der Waals surface area contributed by atoms with Crippen molar-refractivity contribution in [2.75, 3.05) is 44.3 Å². The number of aromatic amines is 1. The van der Waals surface area contributed by atoms with Gasteiger partial charge in [-0.3, -0.25) is 4.90 Å². The molecule has 0 spiro atoms. The van der Waals surface area contributed by atoms with Crippen LogP contribution in [0, 0.1) is 5.92 Å². The molecule has 9 nitrogen and oxygen atoms in total. The number of aliphatic hydroxyl groups is 2. The molecular weight excluding hydrogens is 482 g/mol. The number of ether oxygens (including phenoxy) is 2. The molecule has 1 atom stereocenters. The van der Waals surface area contributed by atoms with Gasteiger partial charge >= 0.3 is 0 Å². The van der Waals surface area contributed by atoms with Gasteiger partial charge in [-0.2, -0.15) is 4.98 Å². The standard InChI is InChI=1S/C26H32ClN5O4/c27-21-15-22-24(29-23(21)16-1-3-18(4-2-16)31-9-11-35-12-10-31)30-26(28-22)36-20-5-7-32(8-6-20)25(34)17-13-19(33)14-17/h1-4,15,17,19-20,25,33-34H,5-14H2,(H,28,29,30). The topological polar surface area (TPSA) is 107 Å². The lowest BCUT2D eigenvalue weighted by atomic mass is 9.80. The average molecular weight is 514 g/mol. The van der Waals surface area contributed by atoms with E-state index in [1.54, 1.807) is 0 Å². The van der Waals surface area contributed by atoms with Gasteiger partial charge in [0.15, 0.2) is 5.65 Å². The summed E-state index contributed by atoms with van der Waals surface area (Å²) in [4.78, 5) is 16.9. The van der Waals surface area contributed by atoms with Crippen molar-refractivity contribution in [1.82, 2.24) is 19.9 Å². The number of morpholine rings is 1. The molecule has 192 valence electrons. The first-order chi connectivity index (χ1) is 17.5. The Balaban J connectivity index is 1.11. The van der Waals surface area contributed by atoms with Crippen LogP contribution in [0.2, 0.25) is 5.02 Å². The summed E-state index contributed by atoms with van der Waals surface area (Å²) in [6, 6.07) is 10.6. The van der Waals surface area contributed by atoms with E-state index in [0.29, 0.717) is 35.2 Å². The number of fused-ring (bicyclic) bond motifs is 1. The van der Waals surface area contributed by atoms with Gasteiger partial charge in [0, 0.05) is 43.3 Å². The number of imidazole rings is 1. The maximum atomic E-state index is 10.5. The first-order valence-electron chi connectivity index (χ1n) is 12.8. The van der Waals surface area contributed by atoms with Gasteiger partial charge in [0.2, 0.25) is 0 Å². The van der Waals surface area contributed by atoms with Crippen molar-refractivity contribution in [3.8, 4) is 17.3 Å². The van der Waals surface area contributed by atoms with E-state index in [1.807, 2.05) is 18.2 Å². The van der Waals surface area contributed by atoms with E-state index in [9.17, 15) is 10.2 Å². The summed E-state index contributed by atoms with van der Waals surface area (Å²) >= 11 is 6.60. The summed E-state index contributed by atoms with van der Waals surface area (Å²) in [5, 5.41) is 20.6. The Bertz CT molecular complexity index is 1190. The molecule has 3 aromatic rings. The fourth-order valence-corrected chi connectivity index (χ4v) is 5.65. The minimum atomic E-state index is -0.478. The second kappa shape index (κ2) is 10.1. The average Bonchev–Trinajstić information content (AvgIpc) is 3.28. The van der Waals surface area contributed by atoms with E-state index in [2.05, 4.69) is 31.9 Å². The lowest BCUT2D eigenvalue weighted by Crippen LogP contribution is -2.51. The molecule has 10 heteroatoms. The van der Waals surface area contributed by atoms with Crippen LogP contribution in [0.5, 0.6) is 6.01 Å². The smallest absolute Gasteiger partial charge is 0.296 e. The van der Waals surface area contributed by atoms with Crippen LogP contribution in [0.25, 0.3) is 22.4 Å². The van der Waals surface area contributed by atoms with Crippen molar-refractivity contribution in [3.63, 3.8) is 0 Å². The van der Waals surface area contributed by atoms with Crippen LogP contribution in [0.4, 0.5) is 5.69 Å². The fourth-order valence-electron chi connectivity index (χ4n) is 5.39. The van der Waals surface area contributed by atoms with Crippen molar-refractivity contribution in [3.05, 3.63) is 35.4 Å². The first-order valence-corrected chi connectivity index (χ1v) is 13.2. The van der Waals surface area contributed by atoms with E-state index < -0.39 is 6.23 Å². The third-order valence-corrected chi connectivity index (χ3v) is 7.91. The molecular formula is C26H32ClN5O4. The Morgan fingerprint density at radius 3 is 2.47 bits per heavy atom. The number of hydrogen-bond donors (Lipinski definition) is 3. The number of aromatic nitrogens is 3. The number of halogens is 1. The highest BCUT2D eigenvalue weighted by atomic mass is 35.5. The lowest BCUT2D eigenvalue weighted by Gasteiger charge is -2.42. The van der Waals surface area contributed by atoms with Crippen molar-refractivity contribution in [2.24, 2.45) is 5.92 Å². The van der Waals surface area contributed by atoms with E-state index in [-0.39, 0.29) is 18.1 Å². The zero-order chi connectivity index (χ0) is 24.6. The van der Waals surface area contributed by atoms with Crippen LogP contribution in [0.3, 0.4) is 0 Å². The third-order valence-electron chi connectivity index (χ3n) is 7.62. The summed E-state index contributed by atoms with van der Waals surface area (Å²) in [5.74, 6) is 0.174. The summed E-state index contributed by atoms with van der Waals surface area (Å²) in [5.41, 5.74) is 4.10. The van der Waals surface area contributed by atoms with E-state index >= 15 is 0 Å². The minimum Gasteiger partial charge on any atom is -0.461 e. The molecule has 0 radical (unpaired) electrons. The van der Waals surface area contributed by atoms with E-state index in [1.165, 1.54) is 5.69 Å². The van der Waals surface area contributed by atoms with Gasteiger partial charge in [0.25, 0.3) is 6.01 Å². The number of anilines is 1.